The van der Waals surface area contributed by atoms with Crippen LogP contribution in [-0.2, 0) is 11.8 Å². The highest BCUT2D eigenvalue weighted by Gasteiger charge is 2.41. The van der Waals surface area contributed by atoms with E-state index in [1.165, 1.54) is 19.2 Å². The second-order valence-corrected chi connectivity index (χ2v) is 7.65. The molecule has 7 nitrogen and oxygen atoms in total. The molecule has 0 saturated carbocycles. The predicted octanol–water partition coefficient (Wildman–Crippen LogP) is 3.07. The Labute approximate surface area is 179 Å². The van der Waals surface area contributed by atoms with Crippen molar-refractivity contribution in [2.24, 2.45) is 7.05 Å². The highest BCUT2D eigenvalue weighted by molar-refractivity contribution is 6.04. The molecule has 2 N–H and O–H groups in total. The van der Waals surface area contributed by atoms with Gasteiger partial charge in [-0.2, -0.15) is 5.10 Å². The van der Waals surface area contributed by atoms with Crippen LogP contribution in [0.1, 0.15) is 38.7 Å². The summed E-state index contributed by atoms with van der Waals surface area (Å²) in [5, 5.41) is 10.1. The zero-order valence-corrected chi connectivity index (χ0v) is 17.7. The molecule has 4 rings (SSSR count). The number of aromatic nitrogens is 2. The number of carbonyl (C=O) groups excluding carboxylic acids is 2. The van der Waals surface area contributed by atoms with E-state index in [2.05, 4.69) is 15.7 Å². The van der Waals surface area contributed by atoms with Crippen LogP contribution >= 0.6 is 0 Å². The normalized spacial score (nSPS) is 17.6. The van der Waals surface area contributed by atoms with Crippen molar-refractivity contribution in [2.45, 2.75) is 25.8 Å². The van der Waals surface area contributed by atoms with E-state index in [9.17, 15) is 14.0 Å². The number of nitrogens with one attached hydrogen (secondary N) is 2. The number of nitrogens with zero attached hydrogens (tertiary/aromatic N) is 2. The first-order chi connectivity index (χ1) is 14.8. The predicted molar refractivity (Wildman–Crippen MR) is 114 cm³/mol. The highest BCUT2D eigenvalue weighted by atomic mass is 19.1. The molecule has 1 aromatic heterocycles. The Morgan fingerprint density at radius 1 is 1.23 bits per heavy atom. The number of benzene rings is 2. The van der Waals surface area contributed by atoms with Gasteiger partial charge in [0.2, 0.25) is 5.91 Å². The molecule has 31 heavy (non-hydrogen) atoms. The molecule has 0 spiro atoms. The summed E-state index contributed by atoms with van der Waals surface area (Å²) in [5.74, 6) is -1.30. The third-order valence-electron chi connectivity index (χ3n) is 5.54. The number of aryl methyl sites for hydroxylation is 3. The summed E-state index contributed by atoms with van der Waals surface area (Å²) in [4.78, 5) is 26.0. The van der Waals surface area contributed by atoms with Gasteiger partial charge >= 0.3 is 0 Å². The van der Waals surface area contributed by atoms with Crippen LogP contribution in [0, 0.1) is 19.7 Å². The van der Waals surface area contributed by atoms with E-state index in [1.807, 2.05) is 19.9 Å². The molecule has 2 aromatic carbocycles. The number of amides is 2. The van der Waals surface area contributed by atoms with E-state index in [0.717, 1.165) is 11.1 Å². The molecule has 160 valence electrons. The number of anilines is 1. The lowest BCUT2D eigenvalue weighted by atomic mass is 9.81. The second-order valence-electron chi connectivity index (χ2n) is 7.65. The van der Waals surface area contributed by atoms with Gasteiger partial charge in [0.15, 0.2) is 11.6 Å². The van der Waals surface area contributed by atoms with Crippen LogP contribution in [0.4, 0.5) is 10.2 Å². The summed E-state index contributed by atoms with van der Waals surface area (Å²) < 4.78 is 21.2. The van der Waals surface area contributed by atoms with Gasteiger partial charge in [0.1, 0.15) is 11.9 Å². The van der Waals surface area contributed by atoms with Crippen LogP contribution in [-0.4, -0.2) is 34.7 Å². The number of methoxy groups -OCH3 is 1. The number of carbonyl (C=O) groups is 2. The number of halogens is 1. The third kappa shape index (κ3) is 3.65. The molecule has 0 aliphatic carbocycles. The van der Waals surface area contributed by atoms with Crippen molar-refractivity contribution >= 4 is 17.6 Å². The molecule has 0 saturated heterocycles. The van der Waals surface area contributed by atoms with Gasteiger partial charge < -0.3 is 15.4 Å². The van der Waals surface area contributed by atoms with Crippen LogP contribution in [0.15, 0.2) is 42.5 Å². The van der Waals surface area contributed by atoms with Gasteiger partial charge in [-0.15, -0.1) is 0 Å². The summed E-state index contributed by atoms with van der Waals surface area (Å²) in [6.45, 7) is 3.71. The molecule has 8 heteroatoms. The first kappa shape index (κ1) is 20.6. The van der Waals surface area contributed by atoms with Crippen LogP contribution in [0.5, 0.6) is 5.75 Å². The Hall–Kier alpha value is -3.68. The zero-order valence-electron chi connectivity index (χ0n) is 17.7. The van der Waals surface area contributed by atoms with Gasteiger partial charge in [-0.25, -0.2) is 4.39 Å². The number of ether oxygens (including phenoxy) is 1. The van der Waals surface area contributed by atoms with Crippen LogP contribution in [0.3, 0.4) is 0 Å². The van der Waals surface area contributed by atoms with Crippen LogP contribution in [0.2, 0.25) is 0 Å². The van der Waals surface area contributed by atoms with Crippen molar-refractivity contribution in [1.29, 1.82) is 0 Å². The minimum atomic E-state index is -0.948. The summed E-state index contributed by atoms with van der Waals surface area (Å²) >= 11 is 0. The number of hydrogen-bond donors (Lipinski definition) is 2. The van der Waals surface area contributed by atoms with E-state index < -0.39 is 23.7 Å². The van der Waals surface area contributed by atoms with E-state index in [0.29, 0.717) is 22.6 Å². The van der Waals surface area contributed by atoms with Gasteiger partial charge in [-0.3, -0.25) is 14.3 Å². The fraction of sp³-hybridized carbons (Fsp3) is 0.261. The van der Waals surface area contributed by atoms with Gasteiger partial charge in [0, 0.05) is 24.1 Å². The van der Waals surface area contributed by atoms with Crippen molar-refractivity contribution in [3.8, 4) is 5.75 Å². The summed E-state index contributed by atoms with van der Waals surface area (Å²) in [6, 6.07) is 10.7. The smallest absolute Gasteiger partial charge is 0.251 e. The van der Waals surface area contributed by atoms with Crippen molar-refractivity contribution in [3.05, 3.63) is 76.2 Å². The lowest BCUT2D eigenvalue weighted by Gasteiger charge is -2.32. The number of fused-ring (bicyclic) bond motifs is 1. The van der Waals surface area contributed by atoms with Gasteiger partial charge in [0.25, 0.3) is 5.91 Å². The Kier molecular flexibility index (Phi) is 5.22. The molecule has 1 aliphatic heterocycles. The topological polar surface area (TPSA) is 85.2 Å². The summed E-state index contributed by atoms with van der Waals surface area (Å²) in [6.07, 6.45) is 0. The van der Waals surface area contributed by atoms with Crippen LogP contribution in [0.25, 0.3) is 0 Å². The van der Waals surface area contributed by atoms with Crippen molar-refractivity contribution in [2.75, 3.05) is 12.4 Å². The molecule has 0 bridgehead atoms. The molecule has 0 unspecified atom stereocenters. The fourth-order valence-corrected chi connectivity index (χ4v) is 4.10. The third-order valence-corrected chi connectivity index (χ3v) is 5.54. The average molecular weight is 422 g/mol. The Bertz CT molecular complexity index is 1190. The minimum absolute atomic E-state index is 0.104. The quantitative estimate of drug-likeness (QED) is 0.677. The molecule has 0 fully saturated rings. The molecule has 2 atom stereocenters. The van der Waals surface area contributed by atoms with Gasteiger partial charge in [-0.05, 0) is 43.7 Å². The lowest BCUT2D eigenvalue weighted by Crippen LogP contribution is -2.50. The first-order valence-corrected chi connectivity index (χ1v) is 9.85. The van der Waals surface area contributed by atoms with Crippen LogP contribution < -0.4 is 15.4 Å². The SMILES string of the molecule is COc1ccc([C@@H]2c3c(C)nn(C)c3NC(=O)[C@H]2NC(=O)c2cccc(C)c2)cc1F. The maximum Gasteiger partial charge on any atom is 0.251 e. The molecule has 3 aromatic rings. The standard InChI is InChI=1S/C23H23FN4O3/c1-12-6-5-7-15(10-12)22(29)25-20-19(14-8-9-17(31-4)16(24)11-14)18-13(2)27-28(3)21(18)26-23(20)30/h5-11,19-20H,1-4H3,(H,25,29)(H,26,30)/t19-,20+/m1/s1. The Morgan fingerprint density at radius 3 is 2.68 bits per heavy atom. The average Bonchev–Trinajstić information content (AvgIpc) is 3.01. The van der Waals surface area contributed by atoms with Crippen molar-refractivity contribution in [3.63, 3.8) is 0 Å². The molecule has 0 radical (unpaired) electrons. The highest BCUT2D eigenvalue weighted by Crippen LogP contribution is 2.40. The minimum Gasteiger partial charge on any atom is -0.494 e. The fourth-order valence-electron chi connectivity index (χ4n) is 4.10. The Balaban J connectivity index is 1.80. The summed E-state index contributed by atoms with van der Waals surface area (Å²) in [7, 11) is 3.11. The van der Waals surface area contributed by atoms with Gasteiger partial charge in [0.05, 0.1) is 12.8 Å². The van der Waals surface area contributed by atoms with E-state index in [-0.39, 0.29) is 11.7 Å². The first-order valence-electron chi connectivity index (χ1n) is 9.85. The van der Waals surface area contributed by atoms with E-state index in [4.69, 9.17) is 4.74 Å². The maximum absolute atomic E-state index is 14.5. The summed E-state index contributed by atoms with van der Waals surface area (Å²) in [5.41, 5.74) is 3.34. The maximum atomic E-state index is 14.5. The zero-order chi connectivity index (χ0) is 22.3. The van der Waals surface area contributed by atoms with Gasteiger partial charge in [-0.1, -0.05) is 23.8 Å². The number of hydrogen-bond acceptors (Lipinski definition) is 4. The molecule has 2 amide bonds. The lowest BCUT2D eigenvalue weighted by molar-refractivity contribution is -0.118. The molecular formula is C23H23FN4O3. The van der Waals surface area contributed by atoms with E-state index in [1.54, 1.807) is 36.0 Å². The van der Waals surface area contributed by atoms with Crippen molar-refractivity contribution in [1.82, 2.24) is 15.1 Å². The monoisotopic (exact) mass is 422 g/mol. The molecular weight excluding hydrogens is 399 g/mol. The Morgan fingerprint density at radius 2 is 2.00 bits per heavy atom. The van der Waals surface area contributed by atoms with E-state index >= 15 is 0 Å². The molecule has 2 heterocycles. The molecule has 1 aliphatic rings. The largest absolute Gasteiger partial charge is 0.494 e. The van der Waals surface area contributed by atoms with Crippen molar-refractivity contribution < 1.29 is 18.7 Å². The number of rotatable bonds is 4. The second kappa shape index (κ2) is 7.86.